The fourth-order valence-corrected chi connectivity index (χ4v) is 4.69. The second-order valence-electron chi connectivity index (χ2n) is 6.16. The topological polar surface area (TPSA) is 91.9 Å². The lowest BCUT2D eigenvalue weighted by Crippen LogP contribution is -2.29. The molecule has 7 heteroatoms. The SMILES string of the molecule is CCC[C@H](C)c1cc(NC(=O)CS(=O)(=O)C2CCCC2)n[nH]1. The van der Waals surface area contributed by atoms with Gasteiger partial charge in [-0.2, -0.15) is 5.10 Å². The number of aromatic nitrogens is 2. The first-order valence-corrected chi connectivity index (χ1v) is 9.70. The molecule has 6 nitrogen and oxygen atoms in total. The third kappa shape index (κ3) is 4.32. The summed E-state index contributed by atoms with van der Waals surface area (Å²) in [6.45, 7) is 4.20. The number of nitrogens with one attached hydrogen (secondary N) is 2. The molecule has 0 aliphatic heterocycles. The van der Waals surface area contributed by atoms with E-state index in [9.17, 15) is 13.2 Å². The van der Waals surface area contributed by atoms with E-state index in [2.05, 4.69) is 29.4 Å². The molecule has 0 unspecified atom stereocenters. The number of H-pyrrole nitrogens is 1. The lowest BCUT2D eigenvalue weighted by Gasteiger charge is -2.10. The predicted octanol–water partition coefficient (Wildman–Crippen LogP) is 2.61. The van der Waals surface area contributed by atoms with Crippen molar-refractivity contribution >= 4 is 21.6 Å². The quantitative estimate of drug-likeness (QED) is 0.805. The number of hydrogen-bond donors (Lipinski definition) is 2. The molecule has 1 fully saturated rings. The van der Waals surface area contributed by atoms with Crippen LogP contribution >= 0.6 is 0 Å². The summed E-state index contributed by atoms with van der Waals surface area (Å²) < 4.78 is 24.3. The van der Waals surface area contributed by atoms with Gasteiger partial charge in [0.05, 0.1) is 5.25 Å². The average Bonchev–Trinajstić information content (AvgIpc) is 3.09. The van der Waals surface area contributed by atoms with Crippen LogP contribution in [0, 0.1) is 0 Å². The first-order chi connectivity index (χ1) is 10.4. The van der Waals surface area contributed by atoms with Crippen LogP contribution in [-0.4, -0.2) is 35.5 Å². The maximum atomic E-state index is 12.1. The highest BCUT2D eigenvalue weighted by Gasteiger charge is 2.30. The molecule has 0 bridgehead atoms. The molecule has 1 aliphatic carbocycles. The van der Waals surface area contributed by atoms with Crippen LogP contribution < -0.4 is 5.32 Å². The van der Waals surface area contributed by atoms with Gasteiger partial charge >= 0.3 is 0 Å². The van der Waals surface area contributed by atoms with Gasteiger partial charge in [0.25, 0.3) is 0 Å². The van der Waals surface area contributed by atoms with Crippen LogP contribution in [0.25, 0.3) is 0 Å². The zero-order valence-corrected chi connectivity index (χ0v) is 14.1. The molecular weight excluding hydrogens is 302 g/mol. The van der Waals surface area contributed by atoms with Gasteiger partial charge in [-0.15, -0.1) is 0 Å². The third-order valence-electron chi connectivity index (χ3n) is 4.26. The molecular formula is C15H25N3O3S. The smallest absolute Gasteiger partial charge is 0.240 e. The summed E-state index contributed by atoms with van der Waals surface area (Å²) >= 11 is 0. The molecule has 1 heterocycles. The van der Waals surface area contributed by atoms with E-state index in [0.717, 1.165) is 31.4 Å². The first kappa shape index (κ1) is 17.0. The van der Waals surface area contributed by atoms with Crippen molar-refractivity contribution in [1.82, 2.24) is 10.2 Å². The molecule has 0 radical (unpaired) electrons. The fraction of sp³-hybridized carbons (Fsp3) is 0.733. The van der Waals surface area contributed by atoms with Gasteiger partial charge in [0, 0.05) is 11.8 Å². The van der Waals surface area contributed by atoms with E-state index in [4.69, 9.17) is 0 Å². The highest BCUT2D eigenvalue weighted by Crippen LogP contribution is 2.25. The van der Waals surface area contributed by atoms with Crippen molar-refractivity contribution in [3.05, 3.63) is 11.8 Å². The van der Waals surface area contributed by atoms with E-state index < -0.39 is 21.5 Å². The normalized spacial score (nSPS) is 17.5. The zero-order chi connectivity index (χ0) is 16.2. The summed E-state index contributed by atoms with van der Waals surface area (Å²) in [6, 6.07) is 1.78. The number of anilines is 1. The van der Waals surface area contributed by atoms with Crippen molar-refractivity contribution in [2.75, 3.05) is 11.1 Å². The van der Waals surface area contributed by atoms with E-state index >= 15 is 0 Å². The highest BCUT2D eigenvalue weighted by molar-refractivity contribution is 7.92. The number of nitrogens with zero attached hydrogens (tertiary/aromatic N) is 1. The summed E-state index contributed by atoms with van der Waals surface area (Å²) in [5.41, 5.74) is 0.954. The van der Waals surface area contributed by atoms with E-state index in [-0.39, 0.29) is 5.25 Å². The van der Waals surface area contributed by atoms with Crippen molar-refractivity contribution in [2.24, 2.45) is 0 Å². The van der Waals surface area contributed by atoms with Crippen molar-refractivity contribution in [2.45, 2.75) is 63.5 Å². The molecule has 1 amide bonds. The monoisotopic (exact) mass is 327 g/mol. The highest BCUT2D eigenvalue weighted by atomic mass is 32.2. The van der Waals surface area contributed by atoms with Crippen LogP contribution in [0.2, 0.25) is 0 Å². The largest absolute Gasteiger partial charge is 0.308 e. The number of carbonyl (C=O) groups excluding carboxylic acids is 1. The van der Waals surface area contributed by atoms with Gasteiger partial charge in [-0.25, -0.2) is 8.42 Å². The minimum atomic E-state index is -3.35. The second kappa shape index (κ2) is 7.26. The molecule has 1 atom stereocenters. The summed E-state index contributed by atoms with van der Waals surface area (Å²) in [6.07, 6.45) is 5.33. The minimum absolute atomic E-state index is 0.338. The number of hydrogen-bond acceptors (Lipinski definition) is 4. The fourth-order valence-electron chi connectivity index (χ4n) is 2.97. The zero-order valence-electron chi connectivity index (χ0n) is 13.3. The molecule has 0 saturated heterocycles. The minimum Gasteiger partial charge on any atom is -0.308 e. The summed E-state index contributed by atoms with van der Waals surface area (Å²) in [5.74, 6) is -0.229. The number of sulfone groups is 1. The van der Waals surface area contributed by atoms with E-state index in [1.54, 1.807) is 6.07 Å². The lowest BCUT2D eigenvalue weighted by molar-refractivity contribution is -0.113. The van der Waals surface area contributed by atoms with Gasteiger partial charge in [-0.3, -0.25) is 9.89 Å². The van der Waals surface area contributed by atoms with Crippen LogP contribution in [0.15, 0.2) is 6.07 Å². The first-order valence-electron chi connectivity index (χ1n) is 7.99. The van der Waals surface area contributed by atoms with E-state index in [1.165, 1.54) is 0 Å². The Bertz CT molecular complexity index is 603. The Balaban J connectivity index is 1.92. The summed E-state index contributed by atoms with van der Waals surface area (Å²) in [5, 5.41) is 9.16. The predicted molar refractivity (Wildman–Crippen MR) is 86.6 cm³/mol. The Morgan fingerprint density at radius 2 is 2.14 bits per heavy atom. The van der Waals surface area contributed by atoms with Crippen LogP contribution in [0.5, 0.6) is 0 Å². The molecule has 124 valence electrons. The van der Waals surface area contributed by atoms with Gasteiger partial charge in [-0.1, -0.05) is 33.1 Å². The van der Waals surface area contributed by atoms with Crippen LogP contribution in [0.4, 0.5) is 5.82 Å². The number of amides is 1. The Labute approximate surface area is 132 Å². The molecule has 2 rings (SSSR count). The molecule has 1 aromatic rings. The third-order valence-corrected chi connectivity index (χ3v) is 6.41. The molecule has 2 N–H and O–H groups in total. The van der Waals surface area contributed by atoms with Gasteiger partial charge in [0.2, 0.25) is 5.91 Å². The van der Waals surface area contributed by atoms with E-state index in [0.29, 0.717) is 24.6 Å². The number of aromatic amines is 1. The Morgan fingerprint density at radius 1 is 1.45 bits per heavy atom. The van der Waals surface area contributed by atoms with Crippen LogP contribution in [0.1, 0.15) is 64.0 Å². The molecule has 0 spiro atoms. The van der Waals surface area contributed by atoms with E-state index in [1.807, 2.05) is 0 Å². The molecule has 1 aliphatic rings. The number of carbonyl (C=O) groups is 1. The molecule has 0 aromatic carbocycles. The van der Waals surface area contributed by atoms with Crippen molar-refractivity contribution in [3.63, 3.8) is 0 Å². The van der Waals surface area contributed by atoms with Crippen molar-refractivity contribution < 1.29 is 13.2 Å². The Morgan fingerprint density at radius 3 is 2.77 bits per heavy atom. The van der Waals surface area contributed by atoms with Crippen LogP contribution in [-0.2, 0) is 14.6 Å². The van der Waals surface area contributed by atoms with Crippen molar-refractivity contribution in [1.29, 1.82) is 0 Å². The summed E-state index contributed by atoms with van der Waals surface area (Å²) in [4.78, 5) is 11.9. The Kier molecular flexibility index (Phi) is 5.61. The van der Waals surface area contributed by atoms with Crippen LogP contribution in [0.3, 0.4) is 0 Å². The second-order valence-corrected chi connectivity index (χ2v) is 8.44. The maximum absolute atomic E-state index is 12.1. The molecule has 1 aromatic heterocycles. The average molecular weight is 327 g/mol. The van der Waals surface area contributed by atoms with Gasteiger partial charge in [-0.05, 0) is 25.2 Å². The van der Waals surface area contributed by atoms with Gasteiger partial charge < -0.3 is 5.32 Å². The standard InChI is InChI=1S/C15H25N3O3S/c1-3-6-11(2)13-9-14(18-17-13)16-15(19)10-22(20,21)12-7-4-5-8-12/h9,11-12H,3-8,10H2,1-2H3,(H2,16,17,18,19)/t11-/m0/s1. The van der Waals surface area contributed by atoms with Gasteiger partial charge in [0.15, 0.2) is 15.7 Å². The summed E-state index contributed by atoms with van der Waals surface area (Å²) in [7, 11) is -3.35. The maximum Gasteiger partial charge on any atom is 0.240 e. The van der Waals surface area contributed by atoms with Crippen molar-refractivity contribution in [3.8, 4) is 0 Å². The van der Waals surface area contributed by atoms with Gasteiger partial charge in [0.1, 0.15) is 5.75 Å². The lowest BCUT2D eigenvalue weighted by atomic mass is 10.0. The molecule has 22 heavy (non-hydrogen) atoms. The Hall–Kier alpha value is -1.37. The number of rotatable bonds is 7. The molecule has 1 saturated carbocycles.